The summed E-state index contributed by atoms with van der Waals surface area (Å²) < 4.78 is 0. The minimum Gasteiger partial charge on any atom is -0.481 e. The van der Waals surface area contributed by atoms with E-state index in [1.807, 2.05) is 0 Å². The predicted octanol–water partition coefficient (Wildman–Crippen LogP) is 0.877. The molecule has 1 aliphatic carbocycles. The molecule has 0 aromatic carbocycles. The normalized spacial score (nSPS) is 19.4. The third-order valence-corrected chi connectivity index (χ3v) is 3.48. The van der Waals surface area contributed by atoms with Gasteiger partial charge in [0.1, 0.15) is 0 Å². The van der Waals surface area contributed by atoms with Gasteiger partial charge in [-0.3, -0.25) is 9.59 Å². The molecule has 5 heteroatoms. The molecule has 0 unspecified atom stereocenters. The second kappa shape index (κ2) is 6.59. The largest absolute Gasteiger partial charge is 0.481 e. The fraction of sp³-hybridized carbons (Fsp3) is 0.833. The topological polar surface area (TPSA) is 92.4 Å². The highest BCUT2D eigenvalue weighted by Gasteiger charge is 2.40. The lowest BCUT2D eigenvalue weighted by atomic mass is 9.77. The molecule has 0 bridgehead atoms. The Labute approximate surface area is 102 Å². The SMILES string of the molecule is NCCNC(=O)CC1(C(=O)O)CCCCCC1. The fourth-order valence-corrected chi connectivity index (χ4v) is 2.45. The first-order chi connectivity index (χ1) is 8.10. The molecule has 1 amide bonds. The summed E-state index contributed by atoms with van der Waals surface area (Å²) in [6.45, 7) is 0.792. The van der Waals surface area contributed by atoms with Crippen LogP contribution in [0.4, 0.5) is 0 Å². The van der Waals surface area contributed by atoms with Crippen molar-refractivity contribution in [2.75, 3.05) is 13.1 Å². The molecule has 4 N–H and O–H groups in total. The van der Waals surface area contributed by atoms with Gasteiger partial charge in [0.15, 0.2) is 0 Å². The number of carbonyl (C=O) groups excluding carboxylic acids is 1. The minimum atomic E-state index is -0.852. The van der Waals surface area contributed by atoms with Gasteiger partial charge in [-0.15, -0.1) is 0 Å². The molecular weight excluding hydrogens is 220 g/mol. The van der Waals surface area contributed by atoms with E-state index in [4.69, 9.17) is 5.73 Å². The van der Waals surface area contributed by atoms with Crippen molar-refractivity contribution in [1.82, 2.24) is 5.32 Å². The van der Waals surface area contributed by atoms with E-state index in [1.165, 1.54) is 0 Å². The van der Waals surface area contributed by atoms with Gasteiger partial charge in [0.25, 0.3) is 0 Å². The molecule has 0 aromatic heterocycles. The van der Waals surface area contributed by atoms with E-state index in [0.717, 1.165) is 25.7 Å². The molecule has 0 saturated heterocycles. The number of hydrogen-bond acceptors (Lipinski definition) is 3. The highest BCUT2D eigenvalue weighted by atomic mass is 16.4. The van der Waals surface area contributed by atoms with Crippen LogP contribution in [0.2, 0.25) is 0 Å². The van der Waals surface area contributed by atoms with E-state index >= 15 is 0 Å². The second-order valence-corrected chi connectivity index (χ2v) is 4.82. The molecule has 5 nitrogen and oxygen atoms in total. The van der Waals surface area contributed by atoms with E-state index in [9.17, 15) is 14.7 Å². The van der Waals surface area contributed by atoms with E-state index in [0.29, 0.717) is 25.9 Å². The van der Waals surface area contributed by atoms with Gasteiger partial charge in [-0.05, 0) is 12.8 Å². The lowest BCUT2D eigenvalue weighted by Gasteiger charge is -2.27. The maximum Gasteiger partial charge on any atom is 0.310 e. The van der Waals surface area contributed by atoms with Crippen LogP contribution in [0, 0.1) is 5.41 Å². The van der Waals surface area contributed by atoms with Crippen molar-refractivity contribution in [1.29, 1.82) is 0 Å². The minimum absolute atomic E-state index is 0.0856. The van der Waals surface area contributed by atoms with Gasteiger partial charge in [-0.25, -0.2) is 0 Å². The quantitative estimate of drug-likeness (QED) is 0.624. The van der Waals surface area contributed by atoms with Crippen molar-refractivity contribution in [3.63, 3.8) is 0 Å². The number of hydrogen-bond donors (Lipinski definition) is 3. The average molecular weight is 242 g/mol. The third kappa shape index (κ3) is 4.00. The highest BCUT2D eigenvalue weighted by molar-refractivity contribution is 5.85. The summed E-state index contributed by atoms with van der Waals surface area (Å²) in [6.07, 6.45) is 5.24. The van der Waals surface area contributed by atoms with Crippen LogP contribution < -0.4 is 11.1 Å². The smallest absolute Gasteiger partial charge is 0.310 e. The van der Waals surface area contributed by atoms with Gasteiger partial charge in [0.2, 0.25) is 5.91 Å². The van der Waals surface area contributed by atoms with Crippen molar-refractivity contribution in [3.8, 4) is 0 Å². The van der Waals surface area contributed by atoms with Crippen LogP contribution in [0.15, 0.2) is 0 Å². The molecular formula is C12H22N2O3. The Bertz CT molecular complexity index is 271. The molecule has 0 aliphatic heterocycles. The van der Waals surface area contributed by atoms with Crippen molar-refractivity contribution >= 4 is 11.9 Å². The monoisotopic (exact) mass is 242 g/mol. The lowest BCUT2D eigenvalue weighted by molar-refractivity contribution is -0.152. The van der Waals surface area contributed by atoms with Crippen LogP contribution in [0.5, 0.6) is 0 Å². The van der Waals surface area contributed by atoms with E-state index < -0.39 is 11.4 Å². The van der Waals surface area contributed by atoms with Gasteiger partial charge < -0.3 is 16.2 Å². The van der Waals surface area contributed by atoms with Gasteiger partial charge in [-0.1, -0.05) is 25.7 Å². The van der Waals surface area contributed by atoms with Gasteiger partial charge in [0, 0.05) is 19.5 Å². The van der Waals surface area contributed by atoms with Crippen molar-refractivity contribution in [3.05, 3.63) is 0 Å². The zero-order valence-electron chi connectivity index (χ0n) is 10.2. The van der Waals surface area contributed by atoms with Gasteiger partial charge >= 0.3 is 5.97 Å². The number of nitrogens with one attached hydrogen (secondary N) is 1. The van der Waals surface area contributed by atoms with Crippen molar-refractivity contribution in [2.24, 2.45) is 11.1 Å². The Hall–Kier alpha value is -1.10. The zero-order valence-corrected chi connectivity index (χ0v) is 10.2. The molecule has 98 valence electrons. The van der Waals surface area contributed by atoms with E-state index in [-0.39, 0.29) is 12.3 Å². The Morgan fingerprint density at radius 1 is 1.18 bits per heavy atom. The third-order valence-electron chi connectivity index (χ3n) is 3.48. The summed E-state index contributed by atoms with van der Waals surface area (Å²) in [5.41, 5.74) is 4.44. The highest BCUT2D eigenvalue weighted by Crippen LogP contribution is 2.38. The number of amides is 1. The average Bonchev–Trinajstić information content (AvgIpc) is 2.53. The summed E-state index contributed by atoms with van der Waals surface area (Å²) in [4.78, 5) is 23.1. The molecule has 0 spiro atoms. The second-order valence-electron chi connectivity index (χ2n) is 4.82. The molecule has 17 heavy (non-hydrogen) atoms. The summed E-state index contributed by atoms with van der Waals surface area (Å²) in [5, 5.41) is 12.0. The Balaban J connectivity index is 2.63. The first-order valence-corrected chi connectivity index (χ1v) is 6.31. The maximum absolute atomic E-state index is 11.7. The number of carboxylic acid groups (broad SMARTS) is 1. The molecule has 1 rings (SSSR count). The fourth-order valence-electron chi connectivity index (χ4n) is 2.45. The van der Waals surface area contributed by atoms with Crippen LogP contribution in [0.1, 0.15) is 44.9 Å². The summed E-state index contributed by atoms with van der Waals surface area (Å²) in [6, 6.07) is 0. The van der Waals surface area contributed by atoms with Crippen LogP contribution >= 0.6 is 0 Å². The lowest BCUT2D eigenvalue weighted by Crippen LogP contribution is -2.38. The number of aliphatic carboxylic acids is 1. The first-order valence-electron chi connectivity index (χ1n) is 6.31. The van der Waals surface area contributed by atoms with Crippen molar-refractivity contribution in [2.45, 2.75) is 44.9 Å². The molecule has 0 heterocycles. The summed E-state index contributed by atoms with van der Waals surface area (Å²) in [5.74, 6) is -1.03. The van der Waals surface area contributed by atoms with Crippen LogP contribution in [0.3, 0.4) is 0 Å². The van der Waals surface area contributed by atoms with E-state index in [1.54, 1.807) is 0 Å². The number of carboxylic acids is 1. The molecule has 0 atom stereocenters. The van der Waals surface area contributed by atoms with Crippen LogP contribution in [-0.2, 0) is 9.59 Å². The summed E-state index contributed by atoms with van der Waals surface area (Å²) in [7, 11) is 0. The van der Waals surface area contributed by atoms with Gasteiger partial charge in [0.05, 0.1) is 5.41 Å². The molecule has 1 fully saturated rings. The molecule has 0 aromatic rings. The summed E-state index contributed by atoms with van der Waals surface area (Å²) >= 11 is 0. The first kappa shape index (κ1) is 14.0. The Morgan fingerprint density at radius 2 is 1.76 bits per heavy atom. The van der Waals surface area contributed by atoms with E-state index in [2.05, 4.69) is 5.32 Å². The van der Waals surface area contributed by atoms with Crippen molar-refractivity contribution < 1.29 is 14.7 Å². The van der Waals surface area contributed by atoms with Crippen LogP contribution in [-0.4, -0.2) is 30.1 Å². The Kier molecular flexibility index (Phi) is 5.41. The maximum atomic E-state index is 11.7. The Morgan fingerprint density at radius 3 is 2.24 bits per heavy atom. The number of rotatable bonds is 5. The van der Waals surface area contributed by atoms with Crippen LogP contribution in [0.25, 0.3) is 0 Å². The predicted molar refractivity (Wildman–Crippen MR) is 64.5 cm³/mol. The molecule has 1 aliphatic rings. The molecule has 1 saturated carbocycles. The van der Waals surface area contributed by atoms with Gasteiger partial charge in [-0.2, -0.15) is 0 Å². The zero-order chi connectivity index (χ0) is 12.7. The number of nitrogens with two attached hydrogens (primary N) is 1. The standard InChI is InChI=1S/C12H22N2O3/c13-7-8-14-10(15)9-12(11(16)17)5-3-1-2-4-6-12/h1-9,13H2,(H,14,15)(H,16,17). The molecule has 0 radical (unpaired) electrons. The number of carbonyl (C=O) groups is 2.